The van der Waals surface area contributed by atoms with Crippen LogP contribution < -0.4 is 10.1 Å². The maximum atomic E-state index is 12.3. The number of nitrogens with one attached hydrogen (secondary N) is 1. The number of carbonyl (C=O) groups excluding carboxylic acids is 1. The van der Waals surface area contributed by atoms with Crippen LogP contribution in [0.5, 0.6) is 5.75 Å². The van der Waals surface area contributed by atoms with Crippen LogP contribution in [0.25, 0.3) is 0 Å². The molecule has 6 heteroatoms. The van der Waals surface area contributed by atoms with Crippen LogP contribution in [0, 0.1) is 0 Å². The molecule has 0 radical (unpaired) electrons. The summed E-state index contributed by atoms with van der Waals surface area (Å²) >= 11 is 0. The van der Waals surface area contributed by atoms with E-state index < -0.39 is 6.10 Å². The van der Waals surface area contributed by atoms with Crippen molar-refractivity contribution < 1.29 is 9.53 Å². The molecule has 1 atom stereocenters. The molecule has 0 saturated carbocycles. The SMILES string of the molecule is O=C(NCc1ccc(Cn2cncn2)cc1)C1Cc2ccccc2O1. The lowest BCUT2D eigenvalue weighted by molar-refractivity contribution is -0.127. The van der Waals surface area contributed by atoms with Gasteiger partial charge < -0.3 is 10.1 Å². The van der Waals surface area contributed by atoms with E-state index in [1.165, 1.54) is 6.33 Å². The van der Waals surface area contributed by atoms with Crippen LogP contribution in [0.15, 0.2) is 61.2 Å². The van der Waals surface area contributed by atoms with Crippen molar-refractivity contribution >= 4 is 5.91 Å². The highest BCUT2D eigenvalue weighted by atomic mass is 16.5. The molecule has 1 aromatic heterocycles. The number of para-hydroxylation sites is 1. The molecule has 126 valence electrons. The third kappa shape index (κ3) is 3.52. The van der Waals surface area contributed by atoms with Gasteiger partial charge in [0.2, 0.25) is 0 Å². The Balaban J connectivity index is 1.30. The average molecular weight is 334 g/mol. The van der Waals surface area contributed by atoms with Crippen molar-refractivity contribution in [3.8, 4) is 5.75 Å². The zero-order chi connectivity index (χ0) is 17.1. The minimum atomic E-state index is -0.441. The number of fused-ring (bicyclic) bond motifs is 1. The number of aromatic nitrogens is 3. The van der Waals surface area contributed by atoms with Crippen LogP contribution in [-0.4, -0.2) is 26.8 Å². The fraction of sp³-hybridized carbons (Fsp3) is 0.211. The van der Waals surface area contributed by atoms with E-state index in [1.54, 1.807) is 11.0 Å². The van der Waals surface area contributed by atoms with E-state index in [9.17, 15) is 4.79 Å². The molecule has 25 heavy (non-hydrogen) atoms. The van der Waals surface area contributed by atoms with E-state index in [0.29, 0.717) is 19.5 Å². The molecule has 0 aliphatic carbocycles. The van der Waals surface area contributed by atoms with Crippen LogP contribution in [0.3, 0.4) is 0 Å². The zero-order valence-corrected chi connectivity index (χ0v) is 13.6. The maximum absolute atomic E-state index is 12.3. The third-order valence-corrected chi connectivity index (χ3v) is 4.24. The van der Waals surface area contributed by atoms with Gasteiger partial charge in [-0.3, -0.25) is 4.79 Å². The molecule has 1 amide bonds. The molecule has 2 aromatic carbocycles. The van der Waals surface area contributed by atoms with Gasteiger partial charge in [-0.2, -0.15) is 5.10 Å². The molecule has 0 fully saturated rings. The predicted octanol–water partition coefficient (Wildman–Crippen LogP) is 1.95. The Morgan fingerprint density at radius 1 is 1.16 bits per heavy atom. The number of carbonyl (C=O) groups is 1. The first-order valence-electron chi connectivity index (χ1n) is 8.20. The number of hydrogen-bond acceptors (Lipinski definition) is 4. The normalized spacial score (nSPS) is 15.4. The Morgan fingerprint density at radius 2 is 1.96 bits per heavy atom. The van der Waals surface area contributed by atoms with Crippen molar-refractivity contribution in [1.29, 1.82) is 0 Å². The predicted molar refractivity (Wildman–Crippen MR) is 92.0 cm³/mol. The minimum Gasteiger partial charge on any atom is -0.480 e. The van der Waals surface area contributed by atoms with Crippen molar-refractivity contribution in [2.75, 3.05) is 0 Å². The summed E-state index contributed by atoms with van der Waals surface area (Å²) in [5.41, 5.74) is 3.27. The Bertz CT molecular complexity index is 834. The van der Waals surface area contributed by atoms with Gasteiger partial charge in [0.25, 0.3) is 5.91 Å². The summed E-state index contributed by atoms with van der Waals surface area (Å²) in [6, 6.07) is 15.9. The molecular formula is C19H18N4O2. The van der Waals surface area contributed by atoms with Crippen molar-refractivity contribution in [2.24, 2.45) is 0 Å². The molecular weight excluding hydrogens is 316 g/mol. The van der Waals surface area contributed by atoms with Crippen molar-refractivity contribution in [3.05, 3.63) is 77.9 Å². The highest BCUT2D eigenvalue weighted by Crippen LogP contribution is 2.28. The molecule has 1 aliphatic rings. The number of rotatable bonds is 5. The van der Waals surface area contributed by atoms with Gasteiger partial charge in [0, 0.05) is 13.0 Å². The molecule has 0 spiro atoms. The summed E-state index contributed by atoms with van der Waals surface area (Å²) in [5, 5.41) is 7.04. The van der Waals surface area contributed by atoms with Crippen molar-refractivity contribution in [3.63, 3.8) is 0 Å². The van der Waals surface area contributed by atoms with E-state index >= 15 is 0 Å². The van der Waals surface area contributed by atoms with E-state index in [-0.39, 0.29) is 5.91 Å². The Hall–Kier alpha value is -3.15. The molecule has 1 unspecified atom stereocenters. The van der Waals surface area contributed by atoms with Crippen LogP contribution in [0.4, 0.5) is 0 Å². The second kappa shape index (κ2) is 6.76. The second-order valence-corrected chi connectivity index (χ2v) is 6.05. The van der Waals surface area contributed by atoms with Gasteiger partial charge in [-0.15, -0.1) is 0 Å². The van der Waals surface area contributed by atoms with E-state index in [4.69, 9.17) is 4.74 Å². The molecule has 1 aliphatic heterocycles. The summed E-state index contributed by atoms with van der Waals surface area (Å²) < 4.78 is 7.48. The van der Waals surface area contributed by atoms with E-state index in [1.807, 2.05) is 48.5 Å². The topological polar surface area (TPSA) is 69.0 Å². The van der Waals surface area contributed by atoms with Gasteiger partial charge >= 0.3 is 0 Å². The Labute approximate surface area is 145 Å². The second-order valence-electron chi connectivity index (χ2n) is 6.05. The smallest absolute Gasteiger partial charge is 0.261 e. The van der Waals surface area contributed by atoms with Gasteiger partial charge in [-0.1, -0.05) is 42.5 Å². The largest absolute Gasteiger partial charge is 0.480 e. The van der Waals surface area contributed by atoms with E-state index in [2.05, 4.69) is 15.4 Å². The third-order valence-electron chi connectivity index (χ3n) is 4.24. The molecule has 6 nitrogen and oxygen atoms in total. The molecule has 4 rings (SSSR count). The molecule has 1 N–H and O–H groups in total. The number of ether oxygens (including phenoxy) is 1. The lowest BCUT2D eigenvalue weighted by Crippen LogP contribution is -2.37. The molecule has 0 saturated heterocycles. The minimum absolute atomic E-state index is 0.0807. The van der Waals surface area contributed by atoms with Crippen molar-refractivity contribution in [2.45, 2.75) is 25.6 Å². The zero-order valence-electron chi connectivity index (χ0n) is 13.6. The monoisotopic (exact) mass is 334 g/mol. The maximum Gasteiger partial charge on any atom is 0.261 e. The first-order valence-corrected chi connectivity index (χ1v) is 8.20. The molecule has 0 bridgehead atoms. The highest BCUT2D eigenvalue weighted by Gasteiger charge is 2.28. The summed E-state index contributed by atoms with van der Waals surface area (Å²) in [6.07, 6.45) is 3.39. The summed E-state index contributed by atoms with van der Waals surface area (Å²) in [6.45, 7) is 1.17. The first-order chi connectivity index (χ1) is 12.3. The number of nitrogens with zero attached hydrogens (tertiary/aromatic N) is 3. The van der Waals surface area contributed by atoms with Crippen LogP contribution in [-0.2, 0) is 24.3 Å². The van der Waals surface area contributed by atoms with Gasteiger partial charge in [0.15, 0.2) is 6.10 Å². The van der Waals surface area contributed by atoms with Crippen LogP contribution >= 0.6 is 0 Å². The van der Waals surface area contributed by atoms with Gasteiger partial charge in [-0.25, -0.2) is 9.67 Å². The number of hydrogen-bond donors (Lipinski definition) is 1. The van der Waals surface area contributed by atoms with E-state index in [0.717, 1.165) is 22.4 Å². The number of amides is 1. The summed E-state index contributed by atoms with van der Waals surface area (Å²) in [7, 11) is 0. The van der Waals surface area contributed by atoms with Crippen LogP contribution in [0.2, 0.25) is 0 Å². The average Bonchev–Trinajstić information content (AvgIpc) is 3.30. The quantitative estimate of drug-likeness (QED) is 0.774. The van der Waals surface area contributed by atoms with Gasteiger partial charge in [0.1, 0.15) is 18.4 Å². The number of benzene rings is 2. The van der Waals surface area contributed by atoms with Crippen LogP contribution in [0.1, 0.15) is 16.7 Å². The molecule has 3 aromatic rings. The lowest BCUT2D eigenvalue weighted by Gasteiger charge is -2.11. The van der Waals surface area contributed by atoms with Crippen molar-refractivity contribution in [1.82, 2.24) is 20.1 Å². The van der Waals surface area contributed by atoms with Gasteiger partial charge in [0.05, 0.1) is 6.54 Å². The summed E-state index contributed by atoms with van der Waals surface area (Å²) in [4.78, 5) is 16.2. The van der Waals surface area contributed by atoms with Gasteiger partial charge in [-0.05, 0) is 22.8 Å². The lowest BCUT2D eigenvalue weighted by atomic mass is 10.1. The molecule has 2 heterocycles. The standard InChI is InChI=1S/C19H18N4O2/c24-19(18-9-16-3-1-2-4-17(16)25-18)21-10-14-5-7-15(8-6-14)11-23-13-20-12-22-23/h1-8,12-13,18H,9-11H2,(H,21,24). The fourth-order valence-corrected chi connectivity index (χ4v) is 2.90. The first kappa shape index (κ1) is 15.4. The fourth-order valence-electron chi connectivity index (χ4n) is 2.90. The Kier molecular flexibility index (Phi) is 4.16. The highest BCUT2D eigenvalue weighted by molar-refractivity contribution is 5.82. The summed E-state index contributed by atoms with van der Waals surface area (Å²) in [5.74, 6) is 0.725. The Morgan fingerprint density at radius 3 is 2.72 bits per heavy atom.